The van der Waals surface area contributed by atoms with E-state index in [-0.39, 0.29) is 17.5 Å². The fourth-order valence-electron chi connectivity index (χ4n) is 3.95. The molecular formula is C17H24FNO. The Bertz CT molecular complexity index is 514. The summed E-state index contributed by atoms with van der Waals surface area (Å²) < 4.78 is 19.9. The van der Waals surface area contributed by atoms with Crippen molar-refractivity contribution in [3.8, 4) is 5.75 Å². The zero-order chi connectivity index (χ0) is 14.4. The molecule has 2 atom stereocenters. The van der Waals surface area contributed by atoms with Crippen molar-refractivity contribution in [3.63, 3.8) is 0 Å². The lowest BCUT2D eigenvalue weighted by molar-refractivity contribution is 0.0277. The van der Waals surface area contributed by atoms with Crippen LogP contribution in [-0.4, -0.2) is 12.1 Å². The Morgan fingerprint density at radius 2 is 2.15 bits per heavy atom. The van der Waals surface area contributed by atoms with Gasteiger partial charge in [0.2, 0.25) is 0 Å². The third-order valence-corrected chi connectivity index (χ3v) is 4.76. The van der Waals surface area contributed by atoms with E-state index in [4.69, 9.17) is 4.74 Å². The number of benzene rings is 1. The largest absolute Gasteiger partial charge is 0.487 e. The zero-order valence-corrected chi connectivity index (χ0v) is 12.6. The van der Waals surface area contributed by atoms with Gasteiger partial charge in [0.25, 0.3) is 0 Å². The molecule has 110 valence electrons. The molecule has 3 heteroatoms. The van der Waals surface area contributed by atoms with Gasteiger partial charge in [-0.1, -0.05) is 20.8 Å². The van der Waals surface area contributed by atoms with Crippen molar-refractivity contribution >= 4 is 0 Å². The summed E-state index contributed by atoms with van der Waals surface area (Å²) in [7, 11) is 0. The number of rotatable bonds is 2. The predicted octanol–water partition coefficient (Wildman–Crippen LogP) is 4.21. The van der Waals surface area contributed by atoms with Gasteiger partial charge in [-0.05, 0) is 49.4 Å². The molecule has 0 saturated heterocycles. The van der Waals surface area contributed by atoms with Gasteiger partial charge in [-0.3, -0.25) is 0 Å². The second kappa shape index (κ2) is 4.73. The molecular weight excluding hydrogens is 253 g/mol. The van der Waals surface area contributed by atoms with Crippen molar-refractivity contribution < 1.29 is 9.13 Å². The summed E-state index contributed by atoms with van der Waals surface area (Å²) in [6, 6.07) is 5.12. The van der Waals surface area contributed by atoms with Gasteiger partial charge < -0.3 is 10.1 Å². The SMILES string of the molecule is CCNC1CC2(CCC(C)(C)C2)Oc2ccc(F)cc21. The van der Waals surface area contributed by atoms with E-state index < -0.39 is 0 Å². The van der Waals surface area contributed by atoms with Crippen LogP contribution < -0.4 is 10.1 Å². The molecule has 1 fully saturated rings. The summed E-state index contributed by atoms with van der Waals surface area (Å²) in [6.45, 7) is 7.61. The lowest BCUT2D eigenvalue weighted by atomic mass is 9.82. The summed E-state index contributed by atoms with van der Waals surface area (Å²) in [4.78, 5) is 0. The zero-order valence-electron chi connectivity index (χ0n) is 12.6. The van der Waals surface area contributed by atoms with E-state index >= 15 is 0 Å². The maximum atomic E-state index is 13.5. The Kier molecular flexibility index (Phi) is 3.28. The Labute approximate surface area is 120 Å². The number of hydrogen-bond acceptors (Lipinski definition) is 2. The van der Waals surface area contributed by atoms with Crippen LogP contribution in [-0.2, 0) is 0 Å². The highest BCUT2D eigenvalue weighted by atomic mass is 19.1. The molecule has 0 aromatic heterocycles. The average Bonchev–Trinajstić information content (AvgIpc) is 2.66. The summed E-state index contributed by atoms with van der Waals surface area (Å²) in [5, 5.41) is 3.50. The molecule has 1 saturated carbocycles. The molecule has 1 aromatic carbocycles. The van der Waals surface area contributed by atoms with Gasteiger partial charge >= 0.3 is 0 Å². The second-order valence-electron chi connectivity index (χ2n) is 7.12. The molecule has 0 radical (unpaired) electrons. The van der Waals surface area contributed by atoms with E-state index in [0.717, 1.165) is 37.1 Å². The van der Waals surface area contributed by atoms with E-state index in [9.17, 15) is 4.39 Å². The molecule has 2 aliphatic rings. The first-order chi connectivity index (χ1) is 9.43. The molecule has 1 N–H and O–H groups in total. The fraction of sp³-hybridized carbons (Fsp3) is 0.647. The van der Waals surface area contributed by atoms with Crippen molar-refractivity contribution in [1.29, 1.82) is 0 Å². The van der Waals surface area contributed by atoms with Crippen LogP contribution in [0.15, 0.2) is 18.2 Å². The molecule has 1 spiro atoms. The van der Waals surface area contributed by atoms with Crippen molar-refractivity contribution in [2.45, 2.75) is 58.1 Å². The molecule has 20 heavy (non-hydrogen) atoms. The molecule has 1 aromatic rings. The van der Waals surface area contributed by atoms with E-state index in [2.05, 4.69) is 26.1 Å². The van der Waals surface area contributed by atoms with E-state index in [1.807, 2.05) is 0 Å². The Morgan fingerprint density at radius 1 is 1.35 bits per heavy atom. The van der Waals surface area contributed by atoms with Crippen LogP contribution in [0.2, 0.25) is 0 Å². The van der Waals surface area contributed by atoms with E-state index in [1.54, 1.807) is 12.1 Å². The maximum absolute atomic E-state index is 13.5. The second-order valence-corrected chi connectivity index (χ2v) is 7.12. The summed E-state index contributed by atoms with van der Waals surface area (Å²) in [6.07, 6.45) is 4.32. The van der Waals surface area contributed by atoms with Crippen molar-refractivity contribution in [3.05, 3.63) is 29.6 Å². The summed E-state index contributed by atoms with van der Waals surface area (Å²) in [5.74, 6) is 0.680. The first-order valence-corrected chi connectivity index (χ1v) is 7.65. The minimum absolute atomic E-state index is 0.0683. The van der Waals surface area contributed by atoms with Crippen LogP contribution in [0.5, 0.6) is 5.75 Å². The van der Waals surface area contributed by atoms with Crippen LogP contribution in [0.1, 0.15) is 58.1 Å². The molecule has 3 rings (SSSR count). The number of halogens is 1. The van der Waals surface area contributed by atoms with Crippen molar-refractivity contribution in [1.82, 2.24) is 5.32 Å². The maximum Gasteiger partial charge on any atom is 0.125 e. The summed E-state index contributed by atoms with van der Waals surface area (Å²) >= 11 is 0. The minimum Gasteiger partial charge on any atom is -0.487 e. The average molecular weight is 277 g/mol. The van der Waals surface area contributed by atoms with Crippen LogP contribution in [0, 0.1) is 11.2 Å². The van der Waals surface area contributed by atoms with Gasteiger partial charge in [-0.15, -0.1) is 0 Å². The highest BCUT2D eigenvalue weighted by molar-refractivity contribution is 5.40. The van der Waals surface area contributed by atoms with Gasteiger partial charge in [0.1, 0.15) is 17.2 Å². The molecule has 1 aliphatic heterocycles. The highest BCUT2D eigenvalue weighted by Crippen LogP contribution is 2.52. The first kappa shape index (κ1) is 13.9. The smallest absolute Gasteiger partial charge is 0.125 e. The highest BCUT2D eigenvalue weighted by Gasteiger charge is 2.49. The van der Waals surface area contributed by atoms with Gasteiger partial charge in [0.15, 0.2) is 0 Å². The lowest BCUT2D eigenvalue weighted by Crippen LogP contribution is -2.43. The molecule has 1 heterocycles. The first-order valence-electron chi connectivity index (χ1n) is 7.65. The number of nitrogens with one attached hydrogen (secondary N) is 1. The lowest BCUT2D eigenvalue weighted by Gasteiger charge is -2.41. The molecule has 2 nitrogen and oxygen atoms in total. The standard InChI is InChI=1S/C17H24FNO/c1-4-19-14-10-17(8-7-16(2,3)11-17)20-15-6-5-12(18)9-13(14)15/h5-6,9,14,19H,4,7-8,10-11H2,1-3H3. The monoisotopic (exact) mass is 277 g/mol. The Hall–Kier alpha value is -1.09. The van der Waals surface area contributed by atoms with Crippen LogP contribution in [0.3, 0.4) is 0 Å². The van der Waals surface area contributed by atoms with Gasteiger partial charge in [-0.2, -0.15) is 0 Å². The topological polar surface area (TPSA) is 21.3 Å². The third-order valence-electron chi connectivity index (χ3n) is 4.76. The molecule has 0 amide bonds. The van der Waals surface area contributed by atoms with Gasteiger partial charge in [-0.25, -0.2) is 4.39 Å². The minimum atomic E-state index is -0.182. The van der Waals surface area contributed by atoms with E-state index in [1.165, 1.54) is 12.5 Å². The Morgan fingerprint density at radius 3 is 2.80 bits per heavy atom. The molecule has 2 unspecified atom stereocenters. The van der Waals surface area contributed by atoms with Crippen molar-refractivity contribution in [2.24, 2.45) is 5.41 Å². The number of hydrogen-bond donors (Lipinski definition) is 1. The predicted molar refractivity (Wildman–Crippen MR) is 78.4 cm³/mol. The summed E-state index contributed by atoms with van der Waals surface area (Å²) in [5.41, 5.74) is 1.25. The van der Waals surface area contributed by atoms with Gasteiger partial charge in [0, 0.05) is 18.0 Å². The molecule has 0 bridgehead atoms. The number of fused-ring (bicyclic) bond motifs is 1. The molecule has 1 aliphatic carbocycles. The normalized spacial score (nSPS) is 31.1. The number of ether oxygens (including phenoxy) is 1. The van der Waals surface area contributed by atoms with E-state index in [0.29, 0.717) is 5.41 Å². The Balaban J connectivity index is 1.95. The van der Waals surface area contributed by atoms with Crippen molar-refractivity contribution in [2.75, 3.05) is 6.54 Å². The van der Waals surface area contributed by atoms with Crippen LogP contribution in [0.4, 0.5) is 4.39 Å². The fourth-order valence-corrected chi connectivity index (χ4v) is 3.95. The van der Waals surface area contributed by atoms with Crippen LogP contribution >= 0.6 is 0 Å². The quantitative estimate of drug-likeness (QED) is 0.874. The van der Waals surface area contributed by atoms with Crippen LogP contribution in [0.25, 0.3) is 0 Å². The van der Waals surface area contributed by atoms with Gasteiger partial charge in [0.05, 0.1) is 0 Å². The third kappa shape index (κ3) is 2.44.